The van der Waals surface area contributed by atoms with Crippen molar-refractivity contribution < 1.29 is 61.7 Å². The van der Waals surface area contributed by atoms with Crippen LogP contribution >= 0.6 is 0 Å². The Bertz CT molecular complexity index is 193. The number of likely N-dealkylation sites (N-methyl/N-ethyl adjacent to an activating group) is 2. The molecule has 0 unspecified atom stereocenters. The molecular formula is C12H28I2N2O. The highest BCUT2D eigenvalue weighted by molar-refractivity contribution is 4.47. The van der Waals surface area contributed by atoms with Crippen LogP contribution in [0.4, 0.5) is 0 Å². The molecular weight excluding hydrogens is 442 g/mol. The smallest absolute Gasteiger partial charge is 0.128 e. The monoisotopic (exact) mass is 470 g/mol. The van der Waals surface area contributed by atoms with Crippen molar-refractivity contribution in [1.82, 2.24) is 0 Å². The maximum Gasteiger partial charge on any atom is 0.128 e. The fourth-order valence-electron chi connectivity index (χ4n) is 2.03. The summed E-state index contributed by atoms with van der Waals surface area (Å²) < 4.78 is 7.83. The van der Waals surface area contributed by atoms with Gasteiger partial charge < -0.3 is 61.7 Å². The van der Waals surface area contributed by atoms with E-state index in [0.29, 0.717) is 0 Å². The third-order valence-corrected chi connectivity index (χ3v) is 4.26. The summed E-state index contributed by atoms with van der Waals surface area (Å²) in [4.78, 5) is 0. The minimum atomic E-state index is 0. The molecule has 0 N–H and O–H groups in total. The number of halogens is 2. The van der Waals surface area contributed by atoms with Crippen molar-refractivity contribution >= 4 is 0 Å². The SMILES string of the molecule is CC[N+](C)(CC)CC[N+]1(C)CCOCC1.[I-].[I-]. The molecule has 0 saturated carbocycles. The topological polar surface area (TPSA) is 9.23 Å². The molecule has 3 nitrogen and oxygen atoms in total. The predicted octanol–water partition coefficient (Wildman–Crippen LogP) is -5.04. The number of nitrogens with zero attached hydrogens (tertiary/aromatic N) is 2. The van der Waals surface area contributed by atoms with Crippen molar-refractivity contribution in [3.63, 3.8) is 0 Å². The second-order valence-corrected chi connectivity index (χ2v) is 5.38. The first kappa shape index (κ1) is 20.7. The summed E-state index contributed by atoms with van der Waals surface area (Å²) in [5.74, 6) is 0. The number of hydrogen-bond donors (Lipinski definition) is 0. The summed E-state index contributed by atoms with van der Waals surface area (Å²) in [7, 11) is 4.74. The molecule has 0 aliphatic carbocycles. The van der Waals surface area contributed by atoms with Crippen LogP contribution in [0.15, 0.2) is 0 Å². The first-order valence-corrected chi connectivity index (χ1v) is 6.28. The molecule has 1 fully saturated rings. The molecule has 0 aromatic carbocycles. The summed E-state index contributed by atoms with van der Waals surface area (Å²) in [5, 5.41) is 0. The van der Waals surface area contributed by atoms with Gasteiger partial charge in [-0.1, -0.05) is 0 Å². The van der Waals surface area contributed by atoms with Gasteiger partial charge in [0.2, 0.25) is 0 Å². The Balaban J connectivity index is 0. The number of ether oxygens (including phenoxy) is 1. The van der Waals surface area contributed by atoms with Gasteiger partial charge in [-0.2, -0.15) is 0 Å². The van der Waals surface area contributed by atoms with Crippen LogP contribution in [0.2, 0.25) is 0 Å². The lowest BCUT2D eigenvalue weighted by atomic mass is 10.3. The van der Waals surface area contributed by atoms with E-state index in [0.717, 1.165) is 13.2 Å². The van der Waals surface area contributed by atoms with Gasteiger partial charge in [-0.3, -0.25) is 0 Å². The number of hydrogen-bond acceptors (Lipinski definition) is 1. The molecule has 0 amide bonds. The molecule has 0 aromatic heterocycles. The highest BCUT2D eigenvalue weighted by atomic mass is 127. The Kier molecular flexibility index (Phi) is 11.3. The third kappa shape index (κ3) is 6.89. The van der Waals surface area contributed by atoms with E-state index in [1.165, 1.54) is 48.2 Å². The lowest BCUT2D eigenvalue weighted by molar-refractivity contribution is -0.965. The fraction of sp³-hybridized carbons (Fsp3) is 1.00. The van der Waals surface area contributed by atoms with E-state index in [-0.39, 0.29) is 48.0 Å². The van der Waals surface area contributed by atoms with Crippen LogP contribution in [0.1, 0.15) is 13.8 Å². The predicted molar refractivity (Wildman–Crippen MR) is 63.7 cm³/mol. The zero-order valence-electron chi connectivity index (χ0n) is 11.7. The minimum Gasteiger partial charge on any atom is -1.00 e. The van der Waals surface area contributed by atoms with Gasteiger partial charge >= 0.3 is 0 Å². The molecule has 17 heavy (non-hydrogen) atoms. The van der Waals surface area contributed by atoms with Crippen LogP contribution < -0.4 is 48.0 Å². The Morgan fingerprint density at radius 3 is 1.94 bits per heavy atom. The van der Waals surface area contributed by atoms with Gasteiger partial charge in [-0.15, -0.1) is 0 Å². The number of rotatable bonds is 5. The van der Waals surface area contributed by atoms with E-state index >= 15 is 0 Å². The average molecular weight is 470 g/mol. The zero-order chi connectivity index (χ0) is 11.4. The van der Waals surface area contributed by atoms with Crippen LogP contribution in [0.25, 0.3) is 0 Å². The molecule has 0 atom stereocenters. The maximum atomic E-state index is 5.43. The summed E-state index contributed by atoms with van der Waals surface area (Å²) in [5.41, 5.74) is 0. The molecule has 1 aliphatic heterocycles. The number of morpholine rings is 1. The average Bonchev–Trinajstić information content (AvgIpc) is 2.27. The number of quaternary nitrogens is 2. The molecule has 5 heteroatoms. The third-order valence-electron chi connectivity index (χ3n) is 4.26. The maximum absolute atomic E-state index is 5.43. The van der Waals surface area contributed by atoms with Crippen LogP contribution in [0, 0.1) is 0 Å². The lowest BCUT2D eigenvalue weighted by Crippen LogP contribution is -3.00. The first-order valence-electron chi connectivity index (χ1n) is 6.28. The van der Waals surface area contributed by atoms with Gasteiger partial charge in [-0.25, -0.2) is 0 Å². The normalized spacial score (nSPS) is 19.1. The van der Waals surface area contributed by atoms with E-state index in [4.69, 9.17) is 4.74 Å². The second kappa shape index (κ2) is 9.28. The van der Waals surface area contributed by atoms with Crippen molar-refractivity contribution in [1.29, 1.82) is 0 Å². The van der Waals surface area contributed by atoms with Gasteiger partial charge in [-0.05, 0) is 13.8 Å². The second-order valence-electron chi connectivity index (χ2n) is 5.38. The standard InChI is InChI=1S/C12H28N2O.2HI/c1-5-13(3,6-2)7-8-14(4)9-11-15-12-10-14;;/h5-12H2,1-4H3;2*1H/q+2;;/p-2. The van der Waals surface area contributed by atoms with Crippen molar-refractivity contribution in [2.45, 2.75) is 13.8 Å². The minimum absolute atomic E-state index is 0. The molecule has 1 heterocycles. The summed E-state index contributed by atoms with van der Waals surface area (Å²) in [6.07, 6.45) is 0. The van der Waals surface area contributed by atoms with Gasteiger partial charge in [0, 0.05) is 0 Å². The molecule has 106 valence electrons. The Morgan fingerprint density at radius 1 is 1.06 bits per heavy atom. The molecule has 0 radical (unpaired) electrons. The highest BCUT2D eigenvalue weighted by Gasteiger charge is 2.28. The molecule has 1 rings (SSSR count). The first-order chi connectivity index (χ1) is 7.04. The Labute approximate surface area is 141 Å². The lowest BCUT2D eigenvalue weighted by Gasteiger charge is -2.41. The molecule has 0 aromatic rings. The molecule has 0 spiro atoms. The van der Waals surface area contributed by atoms with Gasteiger partial charge in [0.15, 0.2) is 0 Å². The van der Waals surface area contributed by atoms with E-state index in [2.05, 4.69) is 27.9 Å². The van der Waals surface area contributed by atoms with Crippen molar-refractivity contribution in [2.24, 2.45) is 0 Å². The van der Waals surface area contributed by atoms with E-state index < -0.39 is 0 Å². The summed E-state index contributed by atoms with van der Waals surface area (Å²) in [6.45, 7) is 13.9. The Hall–Kier alpha value is 1.34. The van der Waals surface area contributed by atoms with Gasteiger partial charge in [0.05, 0.1) is 40.4 Å². The molecule has 1 saturated heterocycles. The van der Waals surface area contributed by atoms with E-state index in [1.807, 2.05) is 0 Å². The van der Waals surface area contributed by atoms with Crippen LogP contribution in [0.3, 0.4) is 0 Å². The highest BCUT2D eigenvalue weighted by Crippen LogP contribution is 2.10. The zero-order valence-corrected chi connectivity index (χ0v) is 16.0. The van der Waals surface area contributed by atoms with Gasteiger partial charge in [0.25, 0.3) is 0 Å². The van der Waals surface area contributed by atoms with Crippen molar-refractivity contribution in [3.05, 3.63) is 0 Å². The molecule has 0 bridgehead atoms. The largest absolute Gasteiger partial charge is 1.00 e. The quantitative estimate of drug-likeness (QED) is 0.289. The Morgan fingerprint density at radius 2 is 1.53 bits per heavy atom. The van der Waals surface area contributed by atoms with E-state index in [1.54, 1.807) is 0 Å². The van der Waals surface area contributed by atoms with Crippen LogP contribution in [-0.2, 0) is 4.74 Å². The van der Waals surface area contributed by atoms with Crippen molar-refractivity contribution in [2.75, 3.05) is 66.6 Å². The van der Waals surface area contributed by atoms with Crippen molar-refractivity contribution in [3.8, 4) is 0 Å². The van der Waals surface area contributed by atoms with Crippen LogP contribution in [-0.4, -0.2) is 75.5 Å². The fourth-order valence-corrected chi connectivity index (χ4v) is 2.03. The summed E-state index contributed by atoms with van der Waals surface area (Å²) >= 11 is 0. The van der Waals surface area contributed by atoms with Gasteiger partial charge in [0.1, 0.15) is 26.2 Å². The summed E-state index contributed by atoms with van der Waals surface area (Å²) in [6, 6.07) is 0. The van der Waals surface area contributed by atoms with E-state index in [9.17, 15) is 0 Å². The van der Waals surface area contributed by atoms with Crippen LogP contribution in [0.5, 0.6) is 0 Å². The molecule has 1 aliphatic rings.